The second kappa shape index (κ2) is 7.31. The van der Waals surface area contributed by atoms with E-state index in [4.69, 9.17) is 4.74 Å². The van der Waals surface area contributed by atoms with Crippen LogP contribution in [0.3, 0.4) is 0 Å². The maximum absolute atomic E-state index is 11.6. The summed E-state index contributed by atoms with van der Waals surface area (Å²) in [5.74, 6) is 1.51. The molecule has 0 spiro atoms. The number of hydrogen-bond donors (Lipinski definition) is 1. The van der Waals surface area contributed by atoms with Crippen LogP contribution in [0, 0.1) is 12.8 Å². The Morgan fingerprint density at radius 1 is 1.44 bits per heavy atom. The van der Waals surface area contributed by atoms with Gasteiger partial charge in [0.1, 0.15) is 5.75 Å². The summed E-state index contributed by atoms with van der Waals surface area (Å²) in [5, 5.41) is 0. The van der Waals surface area contributed by atoms with Gasteiger partial charge in [-0.25, -0.2) is 0 Å². The number of rotatable bonds is 6. The number of nitrogens with one attached hydrogen (secondary N) is 1. The van der Waals surface area contributed by atoms with Crippen LogP contribution in [0.15, 0.2) is 23.1 Å². The Bertz CT molecular complexity index is 405. The largest absolute Gasteiger partial charge is 0.496 e. The predicted molar refractivity (Wildman–Crippen MR) is 75.8 cm³/mol. The zero-order valence-corrected chi connectivity index (χ0v) is 12.3. The molecule has 1 aromatic carbocycles. The van der Waals surface area contributed by atoms with E-state index in [1.165, 1.54) is 11.9 Å². The van der Waals surface area contributed by atoms with E-state index in [1.807, 2.05) is 25.1 Å². The zero-order valence-electron chi connectivity index (χ0n) is 11.4. The third-order valence-corrected chi connectivity index (χ3v) is 3.42. The molecule has 18 heavy (non-hydrogen) atoms. The summed E-state index contributed by atoms with van der Waals surface area (Å²) in [6.07, 6.45) is 1.51. The molecule has 0 saturated carbocycles. The van der Waals surface area contributed by atoms with Gasteiger partial charge in [-0.1, -0.05) is 13.8 Å². The van der Waals surface area contributed by atoms with Crippen molar-refractivity contribution in [1.29, 1.82) is 0 Å². The molecular formula is C14H21NO2S. The Morgan fingerprint density at radius 2 is 2.17 bits per heavy atom. The molecule has 1 rings (SSSR count). The SMILES string of the molecule is COc1ccc(SNC(=O)CCC(C)C)cc1C. The molecule has 0 aliphatic carbocycles. The van der Waals surface area contributed by atoms with Crippen LogP contribution in [-0.2, 0) is 4.79 Å². The first-order chi connectivity index (χ1) is 8.52. The average molecular weight is 267 g/mol. The van der Waals surface area contributed by atoms with E-state index in [0.29, 0.717) is 12.3 Å². The van der Waals surface area contributed by atoms with Gasteiger partial charge in [0.05, 0.1) is 7.11 Å². The topological polar surface area (TPSA) is 38.3 Å². The lowest BCUT2D eigenvalue weighted by Crippen LogP contribution is -2.15. The van der Waals surface area contributed by atoms with Crippen molar-refractivity contribution in [2.45, 2.75) is 38.5 Å². The Labute approximate surface area is 113 Å². The molecule has 1 N–H and O–H groups in total. The standard InChI is InChI=1S/C14H21NO2S/c1-10(2)5-8-14(16)15-18-12-6-7-13(17-4)11(3)9-12/h6-7,9-10H,5,8H2,1-4H3,(H,15,16). The molecule has 0 atom stereocenters. The van der Waals surface area contributed by atoms with Crippen molar-refractivity contribution >= 4 is 17.9 Å². The first-order valence-electron chi connectivity index (χ1n) is 6.13. The normalized spacial score (nSPS) is 10.5. The molecule has 4 heteroatoms. The fraction of sp³-hybridized carbons (Fsp3) is 0.500. The van der Waals surface area contributed by atoms with Crippen LogP contribution in [0.25, 0.3) is 0 Å². The molecule has 100 valence electrons. The van der Waals surface area contributed by atoms with Crippen molar-refractivity contribution in [3.8, 4) is 5.75 Å². The second-order valence-corrected chi connectivity index (χ2v) is 5.57. The maximum atomic E-state index is 11.6. The number of hydrogen-bond acceptors (Lipinski definition) is 3. The van der Waals surface area contributed by atoms with Crippen molar-refractivity contribution in [1.82, 2.24) is 4.72 Å². The van der Waals surface area contributed by atoms with Gasteiger partial charge >= 0.3 is 0 Å². The van der Waals surface area contributed by atoms with Crippen LogP contribution < -0.4 is 9.46 Å². The molecule has 0 radical (unpaired) electrons. The highest BCUT2D eigenvalue weighted by molar-refractivity contribution is 7.98. The number of carbonyl (C=O) groups excluding carboxylic acids is 1. The van der Waals surface area contributed by atoms with Crippen LogP contribution in [0.2, 0.25) is 0 Å². The number of amides is 1. The molecule has 0 unspecified atom stereocenters. The highest BCUT2D eigenvalue weighted by atomic mass is 32.2. The summed E-state index contributed by atoms with van der Waals surface area (Å²) >= 11 is 1.36. The summed E-state index contributed by atoms with van der Waals surface area (Å²) in [7, 11) is 1.66. The van der Waals surface area contributed by atoms with Gasteiger partial charge < -0.3 is 4.74 Å². The van der Waals surface area contributed by atoms with Gasteiger partial charge in [0.2, 0.25) is 5.91 Å². The van der Waals surface area contributed by atoms with Crippen LogP contribution in [0.5, 0.6) is 5.75 Å². The molecule has 3 nitrogen and oxygen atoms in total. The van der Waals surface area contributed by atoms with Crippen molar-refractivity contribution in [3.63, 3.8) is 0 Å². The summed E-state index contributed by atoms with van der Waals surface area (Å²) in [4.78, 5) is 12.6. The Kier molecular flexibility index (Phi) is 6.05. The minimum atomic E-state index is 0.0853. The molecule has 0 heterocycles. The van der Waals surface area contributed by atoms with E-state index in [0.717, 1.165) is 22.6 Å². The smallest absolute Gasteiger partial charge is 0.230 e. The molecule has 1 amide bonds. The molecule has 1 aromatic rings. The van der Waals surface area contributed by atoms with Crippen LogP contribution in [-0.4, -0.2) is 13.0 Å². The van der Waals surface area contributed by atoms with E-state index in [1.54, 1.807) is 7.11 Å². The summed E-state index contributed by atoms with van der Waals surface area (Å²) in [5.41, 5.74) is 1.07. The molecule has 0 bridgehead atoms. The molecule has 0 fully saturated rings. The van der Waals surface area contributed by atoms with E-state index in [-0.39, 0.29) is 5.91 Å². The quantitative estimate of drug-likeness (QED) is 0.801. The summed E-state index contributed by atoms with van der Waals surface area (Å²) < 4.78 is 8.05. The minimum absolute atomic E-state index is 0.0853. The number of benzene rings is 1. The van der Waals surface area contributed by atoms with Crippen molar-refractivity contribution in [3.05, 3.63) is 23.8 Å². The number of carbonyl (C=O) groups is 1. The highest BCUT2D eigenvalue weighted by Crippen LogP contribution is 2.23. The highest BCUT2D eigenvalue weighted by Gasteiger charge is 2.05. The molecule has 0 aliphatic rings. The number of methoxy groups -OCH3 is 1. The lowest BCUT2D eigenvalue weighted by molar-refractivity contribution is -0.119. The lowest BCUT2D eigenvalue weighted by atomic mass is 10.1. The lowest BCUT2D eigenvalue weighted by Gasteiger charge is -2.08. The van der Waals surface area contributed by atoms with Gasteiger partial charge in [0.15, 0.2) is 0 Å². The van der Waals surface area contributed by atoms with Crippen LogP contribution in [0.1, 0.15) is 32.3 Å². The Hall–Kier alpha value is -1.16. The number of aryl methyl sites for hydroxylation is 1. The summed E-state index contributed by atoms with van der Waals surface area (Å²) in [6, 6.07) is 5.86. The predicted octanol–water partition coefficient (Wildman–Crippen LogP) is 3.56. The number of ether oxygens (including phenoxy) is 1. The first kappa shape index (κ1) is 14.9. The van der Waals surface area contributed by atoms with Gasteiger partial charge in [-0.3, -0.25) is 9.52 Å². The van der Waals surface area contributed by atoms with E-state index >= 15 is 0 Å². The minimum Gasteiger partial charge on any atom is -0.496 e. The fourth-order valence-electron chi connectivity index (χ4n) is 1.50. The van der Waals surface area contributed by atoms with E-state index in [9.17, 15) is 4.79 Å². The second-order valence-electron chi connectivity index (χ2n) is 4.69. The van der Waals surface area contributed by atoms with Crippen molar-refractivity contribution in [2.75, 3.05) is 7.11 Å². The van der Waals surface area contributed by atoms with Gasteiger partial charge in [0, 0.05) is 11.3 Å². The Morgan fingerprint density at radius 3 is 2.72 bits per heavy atom. The van der Waals surface area contributed by atoms with Crippen molar-refractivity contribution < 1.29 is 9.53 Å². The van der Waals surface area contributed by atoms with Crippen molar-refractivity contribution in [2.24, 2.45) is 5.92 Å². The molecule has 0 aromatic heterocycles. The molecule has 0 aliphatic heterocycles. The molecule has 0 saturated heterocycles. The first-order valence-corrected chi connectivity index (χ1v) is 6.95. The fourth-order valence-corrected chi connectivity index (χ4v) is 2.21. The van der Waals surface area contributed by atoms with Crippen LogP contribution in [0.4, 0.5) is 0 Å². The van der Waals surface area contributed by atoms with E-state index in [2.05, 4.69) is 18.6 Å². The maximum Gasteiger partial charge on any atom is 0.230 e. The zero-order chi connectivity index (χ0) is 13.5. The average Bonchev–Trinajstić information content (AvgIpc) is 2.34. The van der Waals surface area contributed by atoms with Gasteiger partial charge in [-0.15, -0.1) is 0 Å². The van der Waals surface area contributed by atoms with Gasteiger partial charge in [-0.05, 0) is 55.0 Å². The monoisotopic (exact) mass is 267 g/mol. The Balaban J connectivity index is 2.43. The summed E-state index contributed by atoms with van der Waals surface area (Å²) in [6.45, 7) is 6.23. The third-order valence-electron chi connectivity index (χ3n) is 2.60. The van der Waals surface area contributed by atoms with E-state index < -0.39 is 0 Å². The van der Waals surface area contributed by atoms with Gasteiger partial charge in [-0.2, -0.15) is 0 Å². The third kappa shape index (κ3) is 5.00. The van der Waals surface area contributed by atoms with Crippen LogP contribution >= 0.6 is 11.9 Å². The van der Waals surface area contributed by atoms with Gasteiger partial charge in [0.25, 0.3) is 0 Å². The molecular weight excluding hydrogens is 246 g/mol.